The van der Waals surface area contributed by atoms with Crippen LogP contribution in [0, 0.1) is 5.92 Å². The van der Waals surface area contributed by atoms with Gasteiger partial charge in [0.25, 0.3) is 0 Å². The molecule has 0 aliphatic heterocycles. The largest absolute Gasteiger partial charge is 0.395 e. The SMILES string of the molecule is CC(C)CC(CO)NCC(O)c1ccc(C(C)C)cc1. The van der Waals surface area contributed by atoms with Crippen molar-refractivity contribution in [3.05, 3.63) is 35.4 Å². The highest BCUT2D eigenvalue weighted by molar-refractivity contribution is 5.26. The van der Waals surface area contributed by atoms with E-state index >= 15 is 0 Å². The summed E-state index contributed by atoms with van der Waals surface area (Å²) in [4.78, 5) is 0. The summed E-state index contributed by atoms with van der Waals surface area (Å²) in [5, 5.41) is 22.7. The number of nitrogens with one attached hydrogen (secondary N) is 1. The highest BCUT2D eigenvalue weighted by atomic mass is 16.3. The van der Waals surface area contributed by atoms with Gasteiger partial charge >= 0.3 is 0 Å². The summed E-state index contributed by atoms with van der Waals surface area (Å²) in [6, 6.07) is 8.16. The Morgan fingerprint density at radius 1 is 1.00 bits per heavy atom. The molecule has 1 aromatic rings. The van der Waals surface area contributed by atoms with Crippen molar-refractivity contribution in [3.8, 4) is 0 Å². The molecule has 0 bridgehead atoms. The molecule has 0 saturated heterocycles. The van der Waals surface area contributed by atoms with Crippen molar-refractivity contribution in [2.75, 3.05) is 13.2 Å². The third kappa shape index (κ3) is 5.61. The molecule has 114 valence electrons. The van der Waals surface area contributed by atoms with Gasteiger partial charge in [-0.05, 0) is 29.4 Å². The second kappa shape index (κ2) is 8.40. The molecule has 3 nitrogen and oxygen atoms in total. The molecule has 3 heteroatoms. The predicted octanol–water partition coefficient (Wildman–Crippen LogP) is 2.84. The van der Waals surface area contributed by atoms with E-state index in [9.17, 15) is 10.2 Å². The Morgan fingerprint density at radius 2 is 1.55 bits per heavy atom. The van der Waals surface area contributed by atoms with Crippen molar-refractivity contribution < 1.29 is 10.2 Å². The van der Waals surface area contributed by atoms with Crippen LogP contribution < -0.4 is 5.32 Å². The molecule has 0 fully saturated rings. The smallest absolute Gasteiger partial charge is 0.0914 e. The molecular formula is C17H29NO2. The summed E-state index contributed by atoms with van der Waals surface area (Å²) in [5.74, 6) is 1.03. The van der Waals surface area contributed by atoms with E-state index in [0.717, 1.165) is 12.0 Å². The zero-order chi connectivity index (χ0) is 15.1. The third-order valence-corrected chi connectivity index (χ3v) is 3.56. The van der Waals surface area contributed by atoms with Crippen LogP contribution in [0.3, 0.4) is 0 Å². The minimum Gasteiger partial charge on any atom is -0.395 e. The van der Waals surface area contributed by atoms with E-state index in [4.69, 9.17) is 0 Å². The van der Waals surface area contributed by atoms with Crippen LogP contribution >= 0.6 is 0 Å². The minimum atomic E-state index is -0.530. The molecule has 0 radical (unpaired) electrons. The van der Waals surface area contributed by atoms with Crippen LogP contribution in [-0.2, 0) is 0 Å². The zero-order valence-electron chi connectivity index (χ0n) is 13.1. The Morgan fingerprint density at radius 3 is 2.00 bits per heavy atom. The van der Waals surface area contributed by atoms with Gasteiger partial charge in [0.1, 0.15) is 0 Å². The lowest BCUT2D eigenvalue weighted by atomic mass is 9.99. The van der Waals surface area contributed by atoms with Gasteiger partial charge in [-0.3, -0.25) is 0 Å². The Balaban J connectivity index is 2.51. The number of hydrogen-bond acceptors (Lipinski definition) is 3. The van der Waals surface area contributed by atoms with E-state index < -0.39 is 6.10 Å². The molecular weight excluding hydrogens is 250 g/mol. The Labute approximate surface area is 123 Å². The maximum Gasteiger partial charge on any atom is 0.0914 e. The van der Waals surface area contributed by atoms with Crippen molar-refractivity contribution in [1.29, 1.82) is 0 Å². The van der Waals surface area contributed by atoms with E-state index in [2.05, 4.69) is 45.1 Å². The fraction of sp³-hybridized carbons (Fsp3) is 0.647. The Hall–Kier alpha value is -0.900. The first-order chi connectivity index (χ1) is 9.43. The molecule has 0 aliphatic rings. The normalized spacial score (nSPS) is 14.8. The van der Waals surface area contributed by atoms with Gasteiger partial charge in [-0.2, -0.15) is 0 Å². The fourth-order valence-corrected chi connectivity index (χ4v) is 2.29. The standard InChI is InChI=1S/C17H29NO2/c1-12(2)9-16(11-19)18-10-17(20)15-7-5-14(6-8-15)13(3)4/h5-8,12-13,16-20H,9-11H2,1-4H3. The van der Waals surface area contributed by atoms with Gasteiger partial charge < -0.3 is 15.5 Å². The molecule has 0 saturated carbocycles. The van der Waals surface area contributed by atoms with E-state index in [0.29, 0.717) is 18.4 Å². The van der Waals surface area contributed by atoms with Crippen LogP contribution in [0.15, 0.2) is 24.3 Å². The molecule has 0 heterocycles. The van der Waals surface area contributed by atoms with Gasteiger partial charge in [0, 0.05) is 12.6 Å². The van der Waals surface area contributed by atoms with Crippen molar-refractivity contribution in [2.24, 2.45) is 5.92 Å². The maximum absolute atomic E-state index is 10.2. The van der Waals surface area contributed by atoms with Gasteiger partial charge in [0.15, 0.2) is 0 Å². The average Bonchev–Trinajstić information content (AvgIpc) is 2.42. The summed E-state index contributed by atoms with van der Waals surface area (Å²) >= 11 is 0. The second-order valence-electron chi connectivity index (χ2n) is 6.25. The number of aliphatic hydroxyl groups excluding tert-OH is 2. The number of hydrogen-bond donors (Lipinski definition) is 3. The third-order valence-electron chi connectivity index (χ3n) is 3.56. The first-order valence-electron chi connectivity index (χ1n) is 7.56. The quantitative estimate of drug-likeness (QED) is 0.686. The first-order valence-corrected chi connectivity index (χ1v) is 7.56. The lowest BCUT2D eigenvalue weighted by molar-refractivity contribution is 0.153. The topological polar surface area (TPSA) is 52.5 Å². The Kier molecular flexibility index (Phi) is 7.20. The van der Waals surface area contributed by atoms with Crippen LogP contribution in [0.25, 0.3) is 0 Å². The van der Waals surface area contributed by atoms with Gasteiger partial charge in [0.05, 0.1) is 12.7 Å². The molecule has 1 aromatic carbocycles. The molecule has 0 amide bonds. The van der Waals surface area contributed by atoms with E-state index in [1.807, 2.05) is 12.1 Å². The van der Waals surface area contributed by atoms with Gasteiger partial charge in [-0.1, -0.05) is 52.0 Å². The molecule has 2 atom stereocenters. The maximum atomic E-state index is 10.2. The van der Waals surface area contributed by atoms with Crippen LogP contribution in [0.4, 0.5) is 0 Å². The number of aliphatic hydroxyl groups is 2. The number of benzene rings is 1. The average molecular weight is 279 g/mol. The molecule has 0 aromatic heterocycles. The summed E-state index contributed by atoms with van der Waals surface area (Å²) in [6.07, 6.45) is 0.382. The lowest BCUT2D eigenvalue weighted by Gasteiger charge is -2.21. The highest BCUT2D eigenvalue weighted by Gasteiger charge is 2.13. The van der Waals surface area contributed by atoms with E-state index in [1.165, 1.54) is 5.56 Å². The molecule has 20 heavy (non-hydrogen) atoms. The van der Waals surface area contributed by atoms with Crippen LogP contribution in [-0.4, -0.2) is 29.4 Å². The molecule has 2 unspecified atom stereocenters. The van der Waals surface area contributed by atoms with Crippen LogP contribution in [0.5, 0.6) is 0 Å². The predicted molar refractivity (Wildman–Crippen MR) is 83.8 cm³/mol. The molecule has 1 rings (SSSR count). The summed E-state index contributed by atoms with van der Waals surface area (Å²) in [7, 11) is 0. The van der Waals surface area contributed by atoms with Gasteiger partial charge in [0.2, 0.25) is 0 Å². The second-order valence-corrected chi connectivity index (χ2v) is 6.25. The summed E-state index contributed by atoms with van der Waals surface area (Å²) in [6.45, 7) is 9.16. The van der Waals surface area contributed by atoms with Crippen molar-refractivity contribution in [2.45, 2.75) is 52.2 Å². The minimum absolute atomic E-state index is 0.0552. The first kappa shape index (κ1) is 17.2. The van der Waals surface area contributed by atoms with Crippen molar-refractivity contribution >= 4 is 0 Å². The zero-order valence-corrected chi connectivity index (χ0v) is 13.1. The number of rotatable bonds is 8. The lowest BCUT2D eigenvalue weighted by Crippen LogP contribution is -2.36. The van der Waals surface area contributed by atoms with Crippen LogP contribution in [0.2, 0.25) is 0 Å². The molecule has 0 aliphatic carbocycles. The molecule has 0 spiro atoms. The molecule has 3 N–H and O–H groups in total. The highest BCUT2D eigenvalue weighted by Crippen LogP contribution is 2.18. The van der Waals surface area contributed by atoms with E-state index in [-0.39, 0.29) is 12.6 Å². The van der Waals surface area contributed by atoms with Crippen molar-refractivity contribution in [3.63, 3.8) is 0 Å². The Bertz CT molecular complexity index is 373. The summed E-state index contributed by atoms with van der Waals surface area (Å²) < 4.78 is 0. The summed E-state index contributed by atoms with van der Waals surface area (Å²) in [5.41, 5.74) is 2.20. The van der Waals surface area contributed by atoms with Crippen LogP contribution in [0.1, 0.15) is 57.3 Å². The van der Waals surface area contributed by atoms with Crippen molar-refractivity contribution in [1.82, 2.24) is 5.32 Å². The monoisotopic (exact) mass is 279 g/mol. The van der Waals surface area contributed by atoms with Gasteiger partial charge in [-0.25, -0.2) is 0 Å². The van der Waals surface area contributed by atoms with E-state index in [1.54, 1.807) is 0 Å². The van der Waals surface area contributed by atoms with Gasteiger partial charge in [-0.15, -0.1) is 0 Å². The fourth-order valence-electron chi connectivity index (χ4n) is 2.29.